The van der Waals surface area contributed by atoms with Crippen molar-refractivity contribution in [2.24, 2.45) is 0 Å². The number of non-ortho nitro benzene ring substituents is 1. The summed E-state index contributed by atoms with van der Waals surface area (Å²) in [5.74, 6) is -0.498. The maximum absolute atomic E-state index is 12.1. The van der Waals surface area contributed by atoms with Gasteiger partial charge in [-0.3, -0.25) is 14.9 Å². The van der Waals surface area contributed by atoms with Crippen molar-refractivity contribution in [1.29, 1.82) is 0 Å². The molecule has 3 aromatic rings. The number of rotatable bonds is 7. The van der Waals surface area contributed by atoms with Crippen LogP contribution >= 0.6 is 0 Å². The number of nitrogens with one attached hydrogen (secondary N) is 1. The zero-order valence-electron chi connectivity index (χ0n) is 15.3. The number of nitro benzene ring substituents is 1. The first-order valence-corrected chi connectivity index (χ1v) is 8.42. The van der Waals surface area contributed by atoms with Crippen LogP contribution < -0.4 is 10.1 Å². The van der Waals surface area contributed by atoms with E-state index in [1.165, 1.54) is 43.5 Å². The highest BCUT2D eigenvalue weighted by Crippen LogP contribution is 2.25. The number of hydrogen-bond donors (Lipinski definition) is 1. The van der Waals surface area contributed by atoms with Gasteiger partial charge in [0.25, 0.3) is 11.6 Å². The quantitative estimate of drug-likeness (QED) is 0.367. The van der Waals surface area contributed by atoms with Crippen molar-refractivity contribution in [3.05, 3.63) is 76.5 Å². The van der Waals surface area contributed by atoms with Crippen LogP contribution in [0.25, 0.3) is 11.3 Å². The first-order chi connectivity index (χ1) is 14.0. The van der Waals surface area contributed by atoms with Crippen molar-refractivity contribution in [2.45, 2.75) is 0 Å². The highest BCUT2D eigenvalue weighted by atomic mass is 16.6. The van der Waals surface area contributed by atoms with Gasteiger partial charge in [-0.2, -0.15) is 0 Å². The van der Waals surface area contributed by atoms with E-state index in [1.54, 1.807) is 24.3 Å². The molecule has 0 saturated heterocycles. The summed E-state index contributed by atoms with van der Waals surface area (Å²) in [5.41, 5.74) is 1.01. The fraction of sp³-hybridized carbons (Fsp3) is 0.100. The molecule has 1 amide bonds. The van der Waals surface area contributed by atoms with Gasteiger partial charge in [0.1, 0.15) is 11.5 Å². The minimum Gasteiger partial charge on any atom is -0.497 e. The van der Waals surface area contributed by atoms with Crippen molar-refractivity contribution in [3.8, 4) is 17.1 Å². The number of ether oxygens (including phenoxy) is 2. The van der Waals surface area contributed by atoms with Gasteiger partial charge in [0.2, 0.25) is 5.76 Å². The molecule has 0 aliphatic heterocycles. The van der Waals surface area contributed by atoms with E-state index in [-0.39, 0.29) is 11.4 Å². The van der Waals surface area contributed by atoms with E-state index in [2.05, 4.69) is 5.32 Å². The summed E-state index contributed by atoms with van der Waals surface area (Å²) >= 11 is 0. The first-order valence-electron chi connectivity index (χ1n) is 8.42. The van der Waals surface area contributed by atoms with Crippen LogP contribution in [-0.2, 0) is 9.53 Å². The lowest BCUT2D eigenvalue weighted by atomic mass is 10.1. The molecule has 3 rings (SSSR count). The maximum atomic E-state index is 12.1. The van der Waals surface area contributed by atoms with Crippen molar-refractivity contribution in [2.75, 3.05) is 19.0 Å². The summed E-state index contributed by atoms with van der Waals surface area (Å²) in [7, 11) is 1.51. The molecule has 0 aliphatic carbocycles. The third kappa shape index (κ3) is 4.98. The lowest BCUT2D eigenvalue weighted by Gasteiger charge is -2.07. The maximum Gasteiger partial charge on any atom is 0.374 e. The number of anilines is 1. The number of esters is 1. The van der Waals surface area contributed by atoms with E-state index in [4.69, 9.17) is 13.9 Å². The smallest absolute Gasteiger partial charge is 0.374 e. The number of carbonyl (C=O) groups excluding carboxylic acids is 2. The zero-order valence-corrected chi connectivity index (χ0v) is 15.3. The molecule has 148 valence electrons. The topological polar surface area (TPSA) is 121 Å². The molecule has 0 bridgehead atoms. The summed E-state index contributed by atoms with van der Waals surface area (Å²) in [6.45, 7) is -0.496. The molecule has 0 unspecified atom stereocenters. The van der Waals surface area contributed by atoms with Crippen molar-refractivity contribution in [3.63, 3.8) is 0 Å². The molecular formula is C20H16N2O7. The standard InChI is InChI=1S/C20H16N2O7/c1-27-16-4-2-3-14(11-16)21-19(23)12-28-20(24)18-10-9-17(29-18)13-5-7-15(8-6-13)22(25)26/h2-11H,12H2,1H3,(H,21,23). The minimum absolute atomic E-state index is 0.0537. The lowest BCUT2D eigenvalue weighted by Crippen LogP contribution is -2.20. The number of furan rings is 1. The van der Waals surface area contributed by atoms with E-state index < -0.39 is 23.4 Å². The first kappa shape index (κ1) is 19.6. The minimum atomic E-state index is -0.807. The van der Waals surface area contributed by atoms with Gasteiger partial charge in [-0.25, -0.2) is 4.79 Å². The molecule has 0 saturated carbocycles. The molecule has 0 radical (unpaired) electrons. The average Bonchev–Trinajstić information content (AvgIpc) is 3.22. The van der Waals surface area contributed by atoms with Crippen LogP contribution in [0.4, 0.5) is 11.4 Å². The Balaban J connectivity index is 1.57. The Morgan fingerprint density at radius 2 is 1.86 bits per heavy atom. The predicted molar refractivity (Wildman–Crippen MR) is 103 cm³/mol. The molecule has 9 heteroatoms. The number of nitrogens with zero attached hydrogens (tertiary/aromatic N) is 1. The van der Waals surface area contributed by atoms with E-state index >= 15 is 0 Å². The molecule has 1 heterocycles. The van der Waals surface area contributed by atoms with Crippen molar-refractivity contribution >= 4 is 23.3 Å². The molecule has 0 atom stereocenters. The van der Waals surface area contributed by atoms with Crippen molar-refractivity contribution in [1.82, 2.24) is 0 Å². The van der Waals surface area contributed by atoms with Gasteiger partial charge in [0.15, 0.2) is 6.61 Å². The number of amides is 1. The Morgan fingerprint density at radius 1 is 1.10 bits per heavy atom. The second kappa shape index (κ2) is 8.70. The molecule has 1 N–H and O–H groups in total. The second-order valence-corrected chi connectivity index (χ2v) is 5.82. The summed E-state index contributed by atoms with van der Waals surface area (Å²) in [4.78, 5) is 34.2. The normalized spacial score (nSPS) is 10.2. The Labute approximate surface area is 165 Å². The van der Waals surface area contributed by atoms with E-state index in [0.29, 0.717) is 22.8 Å². The van der Waals surface area contributed by atoms with Crippen LogP contribution in [0.5, 0.6) is 5.75 Å². The third-order valence-electron chi connectivity index (χ3n) is 3.86. The molecule has 9 nitrogen and oxygen atoms in total. The zero-order chi connectivity index (χ0) is 20.8. The van der Waals surface area contributed by atoms with Gasteiger partial charge in [-0.15, -0.1) is 0 Å². The highest BCUT2D eigenvalue weighted by molar-refractivity contribution is 5.94. The van der Waals surface area contributed by atoms with E-state index in [9.17, 15) is 19.7 Å². The van der Waals surface area contributed by atoms with Crippen LogP contribution in [0, 0.1) is 10.1 Å². The van der Waals surface area contributed by atoms with Crippen LogP contribution in [0.3, 0.4) is 0 Å². The Kier molecular flexibility index (Phi) is 5.88. The van der Waals surface area contributed by atoms with Crippen molar-refractivity contribution < 1.29 is 28.4 Å². The van der Waals surface area contributed by atoms with Crippen LogP contribution in [0.15, 0.2) is 65.1 Å². The Bertz CT molecular complexity index is 1040. The van der Waals surface area contributed by atoms with Gasteiger partial charge in [0.05, 0.1) is 12.0 Å². The Hall–Kier alpha value is -4.14. The highest BCUT2D eigenvalue weighted by Gasteiger charge is 2.16. The van der Waals surface area contributed by atoms with E-state index in [0.717, 1.165) is 0 Å². The number of methoxy groups -OCH3 is 1. The number of carbonyl (C=O) groups is 2. The number of nitro groups is 1. The van der Waals surface area contributed by atoms with E-state index in [1.807, 2.05) is 0 Å². The van der Waals surface area contributed by atoms with Gasteiger partial charge in [-0.05, 0) is 36.4 Å². The van der Waals surface area contributed by atoms with Gasteiger partial charge >= 0.3 is 5.97 Å². The molecule has 1 aromatic heterocycles. The molecule has 2 aromatic carbocycles. The Morgan fingerprint density at radius 3 is 2.55 bits per heavy atom. The summed E-state index contributed by atoms with van der Waals surface area (Å²) in [6, 6.07) is 15.4. The van der Waals surface area contributed by atoms with Gasteiger partial charge in [-0.1, -0.05) is 6.07 Å². The average molecular weight is 396 g/mol. The fourth-order valence-electron chi connectivity index (χ4n) is 2.45. The largest absolute Gasteiger partial charge is 0.497 e. The molecule has 0 spiro atoms. The second-order valence-electron chi connectivity index (χ2n) is 5.82. The predicted octanol–water partition coefficient (Wildman–Crippen LogP) is 3.66. The van der Waals surface area contributed by atoms with Crippen LogP contribution in [0.2, 0.25) is 0 Å². The van der Waals surface area contributed by atoms with Gasteiger partial charge in [0, 0.05) is 29.4 Å². The lowest BCUT2D eigenvalue weighted by molar-refractivity contribution is -0.384. The molecule has 0 aliphatic rings. The monoisotopic (exact) mass is 396 g/mol. The molecular weight excluding hydrogens is 380 g/mol. The van der Waals surface area contributed by atoms with Crippen LogP contribution in [-0.4, -0.2) is 30.5 Å². The SMILES string of the molecule is COc1cccc(NC(=O)COC(=O)c2ccc(-c3ccc([N+](=O)[O-])cc3)o2)c1. The third-order valence-corrected chi connectivity index (χ3v) is 3.86. The molecule has 0 fully saturated rings. The fourth-order valence-corrected chi connectivity index (χ4v) is 2.45. The summed E-state index contributed by atoms with van der Waals surface area (Å²) in [6.07, 6.45) is 0. The summed E-state index contributed by atoms with van der Waals surface area (Å²) < 4.78 is 15.4. The number of benzene rings is 2. The number of hydrogen-bond acceptors (Lipinski definition) is 7. The van der Waals surface area contributed by atoms with Gasteiger partial charge < -0.3 is 19.2 Å². The summed E-state index contributed by atoms with van der Waals surface area (Å²) in [5, 5.41) is 13.3. The van der Waals surface area contributed by atoms with Crippen LogP contribution in [0.1, 0.15) is 10.6 Å². The molecule has 29 heavy (non-hydrogen) atoms.